The quantitative estimate of drug-likeness (QED) is 0.608. The number of aryl methyl sites for hydroxylation is 1. The van der Waals surface area contributed by atoms with Crippen LogP contribution in [0, 0.1) is 37.5 Å². The normalized spacial score (nSPS) is 32.5. The van der Waals surface area contributed by atoms with Crippen LogP contribution in [0.3, 0.4) is 0 Å². The van der Waals surface area contributed by atoms with E-state index in [1.54, 1.807) is 11.3 Å². The Bertz CT molecular complexity index is 685. The number of ether oxygens (including phenoxy) is 1. The average molecular weight is 379 g/mol. The Hall–Kier alpha value is -1.14. The number of thiophene rings is 1. The molecule has 2 N–H and O–H groups in total. The molecule has 0 unspecified atom stereocenters. The van der Waals surface area contributed by atoms with Crippen LogP contribution in [-0.2, 0) is 4.74 Å². The first-order valence-corrected chi connectivity index (χ1v) is 10.4. The van der Waals surface area contributed by atoms with E-state index < -0.39 is 0 Å². The van der Waals surface area contributed by atoms with Gasteiger partial charge in [-0.15, -0.1) is 11.3 Å². The van der Waals surface area contributed by atoms with E-state index in [1.807, 2.05) is 13.8 Å². The summed E-state index contributed by atoms with van der Waals surface area (Å²) in [5.41, 5.74) is 1.58. The summed E-state index contributed by atoms with van der Waals surface area (Å²) in [6.07, 6.45) is 6.89. The van der Waals surface area contributed by atoms with Gasteiger partial charge in [-0.1, -0.05) is 0 Å². The maximum absolute atomic E-state index is 12.1. The zero-order valence-corrected chi connectivity index (χ0v) is 16.7. The summed E-state index contributed by atoms with van der Waals surface area (Å²) in [5.74, 6) is 3.14. The van der Waals surface area contributed by atoms with Crippen LogP contribution < -0.4 is 10.6 Å². The van der Waals surface area contributed by atoms with Crippen molar-refractivity contribution in [3.05, 3.63) is 16.0 Å². The lowest BCUT2D eigenvalue weighted by Gasteiger charge is -2.54. The molecule has 0 amide bonds. The van der Waals surface area contributed by atoms with Gasteiger partial charge in [-0.3, -0.25) is 0 Å². The van der Waals surface area contributed by atoms with E-state index in [1.165, 1.54) is 39.2 Å². The predicted molar refractivity (Wildman–Crippen MR) is 105 cm³/mol. The molecular weight excluding hydrogens is 352 g/mol. The number of esters is 1. The summed E-state index contributed by atoms with van der Waals surface area (Å²) >= 11 is 7.17. The van der Waals surface area contributed by atoms with E-state index in [0.717, 1.165) is 39.1 Å². The second kappa shape index (κ2) is 6.54. The lowest BCUT2D eigenvalue weighted by atomic mass is 9.54. The maximum atomic E-state index is 12.1. The molecule has 0 spiro atoms. The molecule has 0 saturated heterocycles. The fraction of sp³-hybridized carbons (Fsp3) is 0.684. The number of hydrogen-bond donors (Lipinski definition) is 2. The highest BCUT2D eigenvalue weighted by molar-refractivity contribution is 7.80. The van der Waals surface area contributed by atoms with E-state index in [0.29, 0.717) is 16.7 Å². The maximum Gasteiger partial charge on any atom is 0.341 e. The summed E-state index contributed by atoms with van der Waals surface area (Å²) in [7, 11) is 1.42. The van der Waals surface area contributed by atoms with Gasteiger partial charge in [0.05, 0.1) is 12.7 Å². The minimum atomic E-state index is -0.304. The molecule has 1 aromatic heterocycles. The van der Waals surface area contributed by atoms with Gasteiger partial charge in [0.25, 0.3) is 0 Å². The molecule has 4 bridgehead atoms. The van der Waals surface area contributed by atoms with Crippen LogP contribution in [0.5, 0.6) is 0 Å². The molecule has 0 atom stereocenters. The number of thiocarbonyl (C=S) groups is 1. The number of rotatable bonds is 3. The van der Waals surface area contributed by atoms with Crippen LogP contribution in [0.1, 0.15) is 52.9 Å². The van der Waals surface area contributed by atoms with Gasteiger partial charge in [0, 0.05) is 10.9 Å². The van der Waals surface area contributed by atoms with Crippen molar-refractivity contribution < 1.29 is 9.53 Å². The van der Waals surface area contributed by atoms with Gasteiger partial charge in [-0.25, -0.2) is 4.79 Å². The van der Waals surface area contributed by atoms with Gasteiger partial charge in [-0.2, -0.15) is 0 Å². The number of anilines is 1. The molecule has 25 heavy (non-hydrogen) atoms. The molecule has 136 valence electrons. The van der Waals surface area contributed by atoms with Crippen LogP contribution in [0.2, 0.25) is 0 Å². The van der Waals surface area contributed by atoms with E-state index >= 15 is 0 Å². The number of hydrogen-bond acceptors (Lipinski definition) is 4. The van der Waals surface area contributed by atoms with Crippen LogP contribution in [-0.4, -0.2) is 24.2 Å². The minimum absolute atomic E-state index is 0.304. The first kappa shape index (κ1) is 17.3. The molecule has 0 radical (unpaired) electrons. The van der Waals surface area contributed by atoms with Gasteiger partial charge >= 0.3 is 5.97 Å². The molecule has 6 heteroatoms. The number of nitrogens with one attached hydrogen (secondary N) is 2. The third-order valence-electron chi connectivity index (χ3n) is 6.53. The Morgan fingerprint density at radius 3 is 2.28 bits per heavy atom. The fourth-order valence-electron chi connectivity index (χ4n) is 5.51. The van der Waals surface area contributed by atoms with Gasteiger partial charge in [0.2, 0.25) is 0 Å². The highest BCUT2D eigenvalue weighted by atomic mass is 32.1. The van der Waals surface area contributed by atoms with Crippen molar-refractivity contribution in [3.63, 3.8) is 0 Å². The molecule has 4 aliphatic carbocycles. The average Bonchev–Trinajstić information content (AvgIpc) is 2.83. The number of carbonyl (C=O) groups excluding carboxylic acids is 1. The van der Waals surface area contributed by atoms with Gasteiger partial charge in [-0.05, 0) is 87.4 Å². The van der Waals surface area contributed by atoms with E-state index in [-0.39, 0.29) is 5.97 Å². The largest absolute Gasteiger partial charge is 0.465 e. The van der Waals surface area contributed by atoms with Crippen molar-refractivity contribution in [1.82, 2.24) is 5.32 Å². The molecule has 4 fully saturated rings. The molecule has 5 rings (SSSR count). The van der Waals surface area contributed by atoms with Crippen molar-refractivity contribution in [1.29, 1.82) is 0 Å². The highest BCUT2D eigenvalue weighted by Gasteiger charge is 2.48. The van der Waals surface area contributed by atoms with Gasteiger partial charge in [0.15, 0.2) is 5.11 Å². The first-order valence-electron chi connectivity index (χ1n) is 9.22. The Morgan fingerprint density at radius 1 is 1.12 bits per heavy atom. The summed E-state index contributed by atoms with van der Waals surface area (Å²) < 4.78 is 4.94. The Kier molecular flexibility index (Phi) is 4.52. The second-order valence-electron chi connectivity index (χ2n) is 8.03. The van der Waals surface area contributed by atoms with Crippen LogP contribution in [0.4, 0.5) is 5.00 Å². The molecule has 4 aliphatic rings. The monoisotopic (exact) mass is 378 g/mol. The summed E-state index contributed by atoms with van der Waals surface area (Å²) in [6, 6.07) is 0.497. The second-order valence-corrected chi connectivity index (χ2v) is 9.67. The topological polar surface area (TPSA) is 50.4 Å². The summed E-state index contributed by atoms with van der Waals surface area (Å²) in [6.45, 7) is 3.98. The smallest absolute Gasteiger partial charge is 0.341 e. The Balaban J connectivity index is 1.46. The zero-order valence-electron chi connectivity index (χ0n) is 15.1. The van der Waals surface area contributed by atoms with Crippen LogP contribution in [0.25, 0.3) is 0 Å². The zero-order chi connectivity index (χ0) is 17.7. The standard InChI is InChI=1S/C19H26N2O2S2/c1-9-10(2)25-17(15(9)18(22)23-3)21-19(24)20-16-13-5-11-4-12(7-13)8-14(16)6-11/h11-14,16H,4-8H2,1-3H3,(H2,20,21,24). The molecule has 1 aromatic rings. The van der Waals surface area contributed by atoms with Crippen LogP contribution in [0.15, 0.2) is 0 Å². The van der Waals surface area contributed by atoms with Gasteiger partial charge < -0.3 is 15.4 Å². The molecule has 0 aromatic carbocycles. The molecular formula is C19H26N2O2S2. The molecule has 4 saturated carbocycles. The van der Waals surface area contributed by atoms with Crippen molar-refractivity contribution in [2.24, 2.45) is 23.7 Å². The Labute approximate surface area is 158 Å². The first-order chi connectivity index (χ1) is 12.0. The number of methoxy groups -OCH3 is 1. The summed E-state index contributed by atoms with van der Waals surface area (Å²) in [4.78, 5) is 13.2. The van der Waals surface area contributed by atoms with Crippen molar-refractivity contribution in [2.45, 2.75) is 52.0 Å². The third kappa shape index (κ3) is 3.08. The van der Waals surface area contributed by atoms with Gasteiger partial charge in [0.1, 0.15) is 5.00 Å². The van der Waals surface area contributed by atoms with Crippen molar-refractivity contribution in [3.8, 4) is 0 Å². The lowest BCUT2D eigenvalue weighted by molar-refractivity contribution is -0.00665. The molecule has 0 aliphatic heterocycles. The number of carbonyl (C=O) groups is 1. The molecule has 4 nitrogen and oxygen atoms in total. The lowest BCUT2D eigenvalue weighted by Crippen LogP contribution is -2.56. The van der Waals surface area contributed by atoms with Crippen LogP contribution >= 0.6 is 23.6 Å². The Morgan fingerprint density at radius 2 is 1.72 bits per heavy atom. The van der Waals surface area contributed by atoms with E-state index in [2.05, 4.69) is 10.6 Å². The van der Waals surface area contributed by atoms with Crippen molar-refractivity contribution in [2.75, 3.05) is 12.4 Å². The highest BCUT2D eigenvalue weighted by Crippen LogP contribution is 2.53. The minimum Gasteiger partial charge on any atom is -0.465 e. The molecule has 1 heterocycles. The SMILES string of the molecule is COC(=O)c1c(NC(=S)NC2C3CC4CC(C3)CC2C4)sc(C)c1C. The van der Waals surface area contributed by atoms with Crippen molar-refractivity contribution >= 4 is 39.6 Å². The third-order valence-corrected chi connectivity index (χ3v) is 7.87. The summed E-state index contributed by atoms with van der Waals surface area (Å²) in [5, 5.41) is 8.32. The van der Waals surface area contributed by atoms with E-state index in [4.69, 9.17) is 17.0 Å². The fourth-order valence-corrected chi connectivity index (χ4v) is 6.87. The van der Waals surface area contributed by atoms with E-state index in [9.17, 15) is 4.79 Å². The predicted octanol–water partition coefficient (Wildman–Crippen LogP) is 4.26.